The fourth-order valence-corrected chi connectivity index (χ4v) is 2.91. The van der Waals surface area contributed by atoms with Crippen LogP contribution in [0.1, 0.15) is 35.8 Å². The van der Waals surface area contributed by atoms with E-state index in [1.165, 1.54) is 5.56 Å². The van der Waals surface area contributed by atoms with E-state index in [1.54, 1.807) is 0 Å². The Morgan fingerprint density at radius 2 is 2.30 bits per heavy atom. The van der Waals surface area contributed by atoms with E-state index >= 15 is 0 Å². The second-order valence-corrected chi connectivity index (χ2v) is 5.73. The third-order valence-electron chi connectivity index (χ3n) is 3.52. The van der Waals surface area contributed by atoms with Crippen molar-refractivity contribution in [1.82, 2.24) is 15.6 Å². The van der Waals surface area contributed by atoms with Gasteiger partial charge in [-0.3, -0.25) is 0 Å². The summed E-state index contributed by atoms with van der Waals surface area (Å²) in [6, 6.07) is 6.40. The number of fused-ring (bicyclic) bond motifs is 1. The molecule has 0 bridgehead atoms. The van der Waals surface area contributed by atoms with E-state index in [2.05, 4.69) is 37.6 Å². The first-order valence-corrected chi connectivity index (χ1v) is 7.47. The summed E-state index contributed by atoms with van der Waals surface area (Å²) in [6.45, 7) is 3.29. The van der Waals surface area contributed by atoms with Crippen LogP contribution in [0, 0.1) is 6.92 Å². The molecule has 1 N–H and O–H groups in total. The maximum atomic E-state index is 5.84. The summed E-state index contributed by atoms with van der Waals surface area (Å²) in [5, 5.41) is 11.2. The summed E-state index contributed by atoms with van der Waals surface area (Å²) >= 11 is 3.56. The lowest BCUT2D eigenvalue weighted by molar-refractivity contribution is 0.299. The van der Waals surface area contributed by atoms with Crippen LogP contribution >= 0.6 is 15.9 Å². The van der Waals surface area contributed by atoms with Crippen molar-refractivity contribution >= 4 is 15.9 Å². The maximum absolute atomic E-state index is 5.84. The van der Waals surface area contributed by atoms with Crippen LogP contribution in [0.5, 0.6) is 5.75 Å². The van der Waals surface area contributed by atoms with E-state index in [0.29, 0.717) is 6.54 Å². The number of aryl methyl sites for hydroxylation is 1. The van der Waals surface area contributed by atoms with Gasteiger partial charge >= 0.3 is 0 Å². The van der Waals surface area contributed by atoms with Crippen LogP contribution in [-0.2, 0) is 6.54 Å². The van der Waals surface area contributed by atoms with Crippen molar-refractivity contribution in [2.24, 2.45) is 0 Å². The predicted octanol–water partition coefficient (Wildman–Crippen LogP) is 3.14. The lowest BCUT2D eigenvalue weighted by Crippen LogP contribution is -2.21. The van der Waals surface area contributed by atoms with E-state index in [0.717, 1.165) is 41.1 Å². The number of nitrogens with one attached hydrogen (secondary N) is 1. The van der Waals surface area contributed by atoms with E-state index in [-0.39, 0.29) is 6.04 Å². The highest BCUT2D eigenvalue weighted by atomic mass is 79.9. The number of ether oxygens (including phenoxy) is 1. The molecule has 0 spiro atoms. The number of aromatic nitrogens is 2. The zero-order valence-corrected chi connectivity index (χ0v) is 12.8. The van der Waals surface area contributed by atoms with Crippen molar-refractivity contribution in [3.8, 4) is 5.75 Å². The Labute approximate surface area is 125 Å². The molecule has 5 nitrogen and oxygen atoms in total. The Hall–Kier alpha value is -1.40. The average molecular weight is 338 g/mol. The predicted molar refractivity (Wildman–Crippen MR) is 77.5 cm³/mol. The van der Waals surface area contributed by atoms with Gasteiger partial charge in [0.2, 0.25) is 0 Å². The van der Waals surface area contributed by atoms with Crippen LogP contribution in [0.15, 0.2) is 27.3 Å². The van der Waals surface area contributed by atoms with Crippen molar-refractivity contribution in [2.45, 2.75) is 32.4 Å². The zero-order valence-electron chi connectivity index (χ0n) is 11.2. The third kappa shape index (κ3) is 2.71. The summed E-state index contributed by atoms with van der Waals surface area (Å²) in [5.41, 5.74) is 2.87. The molecular weight excluding hydrogens is 322 g/mol. The van der Waals surface area contributed by atoms with E-state index < -0.39 is 0 Å². The largest absolute Gasteiger partial charge is 0.492 e. The first-order valence-electron chi connectivity index (χ1n) is 6.68. The highest BCUT2D eigenvalue weighted by molar-refractivity contribution is 9.10. The maximum Gasteiger partial charge on any atom is 0.138 e. The number of para-hydroxylation sites is 1. The molecule has 0 amide bonds. The van der Waals surface area contributed by atoms with Gasteiger partial charge in [-0.2, -0.15) is 0 Å². The highest BCUT2D eigenvalue weighted by Gasteiger charge is 2.21. The molecule has 0 aliphatic carbocycles. The first kappa shape index (κ1) is 13.6. The summed E-state index contributed by atoms with van der Waals surface area (Å²) in [5.74, 6) is 0.942. The first-order chi connectivity index (χ1) is 9.75. The Kier molecular flexibility index (Phi) is 4.03. The molecule has 1 atom stereocenters. The topological polar surface area (TPSA) is 60.2 Å². The smallest absolute Gasteiger partial charge is 0.138 e. The molecule has 0 saturated carbocycles. The van der Waals surface area contributed by atoms with Crippen molar-refractivity contribution in [3.63, 3.8) is 0 Å². The van der Waals surface area contributed by atoms with Crippen LogP contribution < -0.4 is 10.1 Å². The molecule has 0 fully saturated rings. The summed E-state index contributed by atoms with van der Waals surface area (Å²) in [7, 11) is 0. The minimum atomic E-state index is 0.251. The van der Waals surface area contributed by atoms with Gasteiger partial charge in [0, 0.05) is 18.2 Å². The molecule has 0 radical (unpaired) electrons. The van der Waals surface area contributed by atoms with E-state index in [1.807, 2.05) is 19.1 Å². The van der Waals surface area contributed by atoms with Crippen LogP contribution in [0.4, 0.5) is 0 Å². The number of benzene rings is 1. The number of rotatable bonds is 3. The molecule has 3 rings (SSSR count). The molecule has 1 aliphatic heterocycles. The van der Waals surface area contributed by atoms with Crippen molar-refractivity contribution in [1.29, 1.82) is 0 Å². The van der Waals surface area contributed by atoms with Gasteiger partial charge in [-0.25, -0.2) is 4.63 Å². The van der Waals surface area contributed by atoms with Gasteiger partial charge < -0.3 is 10.1 Å². The number of halogens is 1. The van der Waals surface area contributed by atoms with Gasteiger partial charge in [-0.05, 0) is 41.8 Å². The summed E-state index contributed by atoms with van der Waals surface area (Å²) < 4.78 is 11.6. The van der Waals surface area contributed by atoms with Gasteiger partial charge in [0.15, 0.2) is 0 Å². The fourth-order valence-electron chi connectivity index (χ4n) is 2.41. The SMILES string of the molecule is Cc1nonc1CNC1CCCOc2c(Br)cccc21. The second kappa shape index (κ2) is 5.93. The lowest BCUT2D eigenvalue weighted by atomic mass is 10.0. The molecule has 1 aromatic carbocycles. The molecule has 20 heavy (non-hydrogen) atoms. The van der Waals surface area contributed by atoms with E-state index in [9.17, 15) is 0 Å². The molecule has 2 aromatic rings. The highest BCUT2D eigenvalue weighted by Crippen LogP contribution is 2.37. The third-order valence-corrected chi connectivity index (χ3v) is 4.14. The minimum Gasteiger partial charge on any atom is -0.492 e. The van der Waals surface area contributed by atoms with E-state index in [4.69, 9.17) is 9.37 Å². The molecular formula is C14H16BrN3O2. The van der Waals surface area contributed by atoms with Crippen LogP contribution in [0.2, 0.25) is 0 Å². The Balaban J connectivity index is 1.80. The van der Waals surface area contributed by atoms with Crippen molar-refractivity contribution in [2.75, 3.05) is 6.61 Å². The zero-order chi connectivity index (χ0) is 13.9. The molecule has 106 valence electrons. The molecule has 1 aliphatic rings. The van der Waals surface area contributed by atoms with Crippen LogP contribution in [-0.4, -0.2) is 16.9 Å². The minimum absolute atomic E-state index is 0.251. The van der Waals surface area contributed by atoms with Crippen LogP contribution in [0.3, 0.4) is 0 Å². The van der Waals surface area contributed by atoms with Gasteiger partial charge in [0.25, 0.3) is 0 Å². The quantitative estimate of drug-likeness (QED) is 0.932. The Morgan fingerprint density at radius 1 is 1.40 bits per heavy atom. The van der Waals surface area contributed by atoms with Crippen molar-refractivity contribution in [3.05, 3.63) is 39.6 Å². The molecule has 6 heteroatoms. The number of hydrogen-bond donors (Lipinski definition) is 1. The van der Waals surface area contributed by atoms with Gasteiger partial charge in [-0.15, -0.1) is 0 Å². The molecule has 2 heterocycles. The molecule has 1 aromatic heterocycles. The normalized spacial score (nSPS) is 18.2. The number of hydrogen-bond acceptors (Lipinski definition) is 5. The summed E-state index contributed by atoms with van der Waals surface area (Å²) in [6.07, 6.45) is 2.06. The molecule has 1 unspecified atom stereocenters. The monoisotopic (exact) mass is 337 g/mol. The average Bonchev–Trinajstić information content (AvgIpc) is 2.73. The lowest BCUT2D eigenvalue weighted by Gasteiger charge is -2.18. The number of nitrogens with zero attached hydrogens (tertiary/aromatic N) is 2. The second-order valence-electron chi connectivity index (χ2n) is 4.88. The van der Waals surface area contributed by atoms with Gasteiger partial charge in [0.05, 0.1) is 11.1 Å². The Morgan fingerprint density at radius 3 is 3.10 bits per heavy atom. The molecule has 0 saturated heterocycles. The summed E-state index contributed by atoms with van der Waals surface area (Å²) in [4.78, 5) is 0. The fraction of sp³-hybridized carbons (Fsp3) is 0.429. The standard InChI is InChI=1S/C14H16BrN3O2/c1-9-13(18-20-17-9)8-16-12-6-3-7-19-14-10(12)4-2-5-11(14)15/h2,4-5,12,16H,3,6-8H2,1H3. The Bertz CT molecular complexity index is 600. The van der Waals surface area contributed by atoms with Crippen molar-refractivity contribution < 1.29 is 9.37 Å². The van der Waals surface area contributed by atoms with Crippen LogP contribution in [0.25, 0.3) is 0 Å². The van der Waals surface area contributed by atoms with Gasteiger partial charge in [0.1, 0.15) is 17.1 Å². The van der Waals surface area contributed by atoms with Gasteiger partial charge in [-0.1, -0.05) is 22.4 Å².